The Morgan fingerprint density at radius 3 is 2.44 bits per heavy atom. The summed E-state index contributed by atoms with van der Waals surface area (Å²) in [6.45, 7) is 3.34. The van der Waals surface area contributed by atoms with Gasteiger partial charge in [0.15, 0.2) is 0 Å². The summed E-state index contributed by atoms with van der Waals surface area (Å²) in [4.78, 5) is 27.4. The van der Waals surface area contributed by atoms with Crippen LogP contribution in [-0.4, -0.2) is 30.3 Å². The van der Waals surface area contributed by atoms with Crippen LogP contribution in [-0.2, 0) is 9.59 Å². The van der Waals surface area contributed by atoms with Crippen molar-refractivity contribution in [3.05, 3.63) is 81.8 Å². The van der Waals surface area contributed by atoms with E-state index in [1.54, 1.807) is 26.0 Å². The molecule has 36 heavy (non-hydrogen) atoms. The van der Waals surface area contributed by atoms with Gasteiger partial charge >= 0.3 is 6.36 Å². The van der Waals surface area contributed by atoms with Crippen molar-refractivity contribution in [2.75, 3.05) is 12.0 Å². The van der Waals surface area contributed by atoms with Gasteiger partial charge in [0, 0.05) is 11.8 Å². The van der Waals surface area contributed by atoms with Crippen LogP contribution in [0.25, 0.3) is 5.76 Å². The molecular weight excluding hydrogens is 503 g/mol. The number of hydrogen-bond donors (Lipinski definition) is 1. The Hall–Kier alpha value is -3.92. The van der Waals surface area contributed by atoms with Gasteiger partial charge in [-0.3, -0.25) is 14.5 Å². The standard InChI is InChI=1S/C25H19ClF3NO6/c1-12-9-16(23(34-3)17(26)10-12)21(31)19-20(18-8-7-13(2)35-18)30(24(33)22(19)32)14-5-4-6-15(11-14)36-25(27,28)29/h4-11,20,31H,1-3H3/b21-19+. The van der Waals surface area contributed by atoms with E-state index in [-0.39, 0.29) is 33.4 Å². The highest BCUT2D eigenvalue weighted by atomic mass is 35.5. The number of halogens is 4. The molecular formula is C25H19ClF3NO6. The predicted molar refractivity (Wildman–Crippen MR) is 124 cm³/mol. The van der Waals surface area contributed by atoms with Gasteiger partial charge in [-0.1, -0.05) is 17.7 Å². The quantitative estimate of drug-likeness (QED) is 0.248. The number of alkyl halides is 3. The molecule has 7 nitrogen and oxygen atoms in total. The van der Waals surface area contributed by atoms with Gasteiger partial charge in [0.1, 0.15) is 34.8 Å². The number of rotatable bonds is 5. The summed E-state index contributed by atoms with van der Waals surface area (Å²) in [5.74, 6) is -2.72. The monoisotopic (exact) mass is 521 g/mol. The molecule has 1 amide bonds. The molecule has 4 rings (SSSR count). The van der Waals surface area contributed by atoms with Gasteiger partial charge < -0.3 is 19.0 Å². The number of aryl methyl sites for hydroxylation is 2. The lowest BCUT2D eigenvalue weighted by atomic mass is 9.97. The van der Waals surface area contributed by atoms with E-state index in [0.717, 1.165) is 17.0 Å². The fourth-order valence-corrected chi connectivity index (χ4v) is 4.41. The fourth-order valence-electron chi connectivity index (χ4n) is 4.06. The average Bonchev–Trinajstić information content (AvgIpc) is 3.32. The van der Waals surface area contributed by atoms with Gasteiger partial charge in [0.05, 0.1) is 23.3 Å². The van der Waals surface area contributed by atoms with Gasteiger partial charge in [0.25, 0.3) is 11.7 Å². The number of furan rings is 1. The van der Waals surface area contributed by atoms with E-state index >= 15 is 0 Å². The summed E-state index contributed by atoms with van der Waals surface area (Å²) >= 11 is 6.26. The molecule has 0 bridgehead atoms. The van der Waals surface area contributed by atoms with Crippen LogP contribution >= 0.6 is 11.6 Å². The summed E-state index contributed by atoms with van der Waals surface area (Å²) in [6.07, 6.45) is -4.97. The summed E-state index contributed by atoms with van der Waals surface area (Å²) < 4.78 is 53.3. The van der Waals surface area contributed by atoms with E-state index in [1.807, 2.05) is 0 Å². The normalized spacial score (nSPS) is 17.5. The average molecular weight is 522 g/mol. The third-order valence-electron chi connectivity index (χ3n) is 5.45. The van der Waals surface area contributed by atoms with E-state index < -0.39 is 35.6 Å². The zero-order valence-corrected chi connectivity index (χ0v) is 19.9. The minimum atomic E-state index is -4.97. The van der Waals surface area contributed by atoms with Crippen LogP contribution in [0.3, 0.4) is 0 Å². The predicted octanol–water partition coefficient (Wildman–Crippen LogP) is 6.08. The van der Waals surface area contributed by atoms with Crippen molar-refractivity contribution < 1.29 is 41.8 Å². The first-order chi connectivity index (χ1) is 16.9. The van der Waals surface area contributed by atoms with Crippen LogP contribution in [0.1, 0.15) is 28.7 Å². The third kappa shape index (κ3) is 4.64. The molecule has 1 atom stereocenters. The van der Waals surface area contributed by atoms with Crippen LogP contribution in [0.15, 0.2) is 58.5 Å². The Morgan fingerprint density at radius 1 is 1.11 bits per heavy atom. The Morgan fingerprint density at radius 2 is 1.83 bits per heavy atom. The van der Waals surface area contributed by atoms with Crippen molar-refractivity contribution in [2.45, 2.75) is 26.3 Å². The molecule has 11 heteroatoms. The third-order valence-corrected chi connectivity index (χ3v) is 5.73. The van der Waals surface area contributed by atoms with E-state index in [4.69, 9.17) is 20.8 Å². The van der Waals surface area contributed by atoms with Crippen LogP contribution in [0, 0.1) is 13.8 Å². The zero-order chi connectivity index (χ0) is 26.4. The van der Waals surface area contributed by atoms with Crippen molar-refractivity contribution in [2.24, 2.45) is 0 Å². The molecule has 1 aliphatic rings. The number of Topliss-reactive ketones (excluding diaryl/α,β-unsaturated/α-hetero) is 1. The molecule has 1 N–H and O–H groups in total. The molecule has 0 aliphatic carbocycles. The summed E-state index contributed by atoms with van der Waals surface area (Å²) in [6, 6.07) is 9.50. The number of hydrogen-bond acceptors (Lipinski definition) is 6. The van der Waals surface area contributed by atoms with Gasteiger partial charge in [-0.2, -0.15) is 0 Å². The number of carbonyl (C=O) groups is 2. The highest BCUT2D eigenvalue weighted by Gasteiger charge is 2.49. The van der Waals surface area contributed by atoms with Crippen LogP contribution < -0.4 is 14.4 Å². The topological polar surface area (TPSA) is 89.2 Å². The lowest BCUT2D eigenvalue weighted by Gasteiger charge is -2.24. The molecule has 2 aromatic carbocycles. The molecule has 0 saturated carbocycles. The van der Waals surface area contributed by atoms with E-state index in [1.165, 1.54) is 31.4 Å². The molecule has 188 valence electrons. The van der Waals surface area contributed by atoms with Crippen molar-refractivity contribution in [1.82, 2.24) is 0 Å². The first-order valence-corrected chi connectivity index (χ1v) is 10.9. The fraction of sp³-hybridized carbons (Fsp3) is 0.200. The van der Waals surface area contributed by atoms with Crippen LogP contribution in [0.5, 0.6) is 11.5 Å². The molecule has 1 aliphatic heterocycles. The summed E-state index contributed by atoms with van der Waals surface area (Å²) in [5.41, 5.74) is 0.268. The summed E-state index contributed by atoms with van der Waals surface area (Å²) in [7, 11) is 1.32. The molecule has 1 unspecified atom stereocenters. The van der Waals surface area contributed by atoms with Gasteiger partial charge in [-0.25, -0.2) is 0 Å². The first-order valence-electron chi connectivity index (χ1n) is 10.5. The van der Waals surface area contributed by atoms with Gasteiger partial charge in [-0.15, -0.1) is 13.2 Å². The lowest BCUT2D eigenvalue weighted by molar-refractivity contribution is -0.274. The smallest absolute Gasteiger partial charge is 0.507 e. The minimum absolute atomic E-state index is 0.0583. The molecule has 3 aromatic rings. The zero-order valence-electron chi connectivity index (χ0n) is 19.1. The van der Waals surface area contributed by atoms with Crippen molar-refractivity contribution in [3.8, 4) is 11.5 Å². The first kappa shape index (κ1) is 25.2. The maximum atomic E-state index is 13.2. The van der Waals surface area contributed by atoms with Gasteiger partial charge in [-0.05, 0) is 55.8 Å². The largest absolute Gasteiger partial charge is 0.573 e. The number of nitrogens with zero attached hydrogens (tertiary/aromatic N) is 1. The van der Waals surface area contributed by atoms with Crippen molar-refractivity contribution >= 4 is 34.7 Å². The molecule has 1 saturated heterocycles. The second kappa shape index (κ2) is 9.27. The number of amides is 1. The lowest BCUT2D eigenvalue weighted by Crippen LogP contribution is -2.29. The number of carbonyl (C=O) groups excluding carboxylic acids is 2. The van der Waals surface area contributed by atoms with Gasteiger partial charge in [0.2, 0.25) is 0 Å². The number of benzene rings is 2. The van der Waals surface area contributed by atoms with E-state index in [0.29, 0.717) is 11.3 Å². The molecule has 0 radical (unpaired) electrons. The second-order valence-corrected chi connectivity index (χ2v) is 8.40. The molecule has 1 fully saturated rings. The maximum Gasteiger partial charge on any atom is 0.573 e. The highest BCUT2D eigenvalue weighted by Crippen LogP contribution is 2.45. The van der Waals surface area contributed by atoms with Crippen LogP contribution in [0.2, 0.25) is 5.02 Å². The maximum absolute atomic E-state index is 13.2. The Bertz CT molecular complexity index is 1390. The number of aliphatic hydroxyl groups is 1. The Labute approximate surface area is 208 Å². The number of ketones is 1. The number of ether oxygens (including phenoxy) is 2. The Kier molecular flexibility index (Phi) is 6.48. The SMILES string of the molecule is COc1c(Cl)cc(C)cc1/C(O)=C1\C(=O)C(=O)N(c2cccc(OC(F)(F)F)c2)C1c1ccc(C)o1. The summed E-state index contributed by atoms with van der Waals surface area (Å²) in [5, 5.41) is 11.5. The molecule has 1 aromatic heterocycles. The minimum Gasteiger partial charge on any atom is -0.507 e. The number of anilines is 1. The highest BCUT2D eigenvalue weighted by molar-refractivity contribution is 6.51. The van der Waals surface area contributed by atoms with Crippen LogP contribution in [0.4, 0.5) is 18.9 Å². The number of methoxy groups -OCH3 is 1. The van der Waals surface area contributed by atoms with Crippen molar-refractivity contribution in [3.63, 3.8) is 0 Å². The van der Waals surface area contributed by atoms with Crippen molar-refractivity contribution in [1.29, 1.82) is 0 Å². The molecule has 2 heterocycles. The second-order valence-electron chi connectivity index (χ2n) is 7.99. The van der Waals surface area contributed by atoms with E-state index in [9.17, 15) is 27.9 Å². The number of aliphatic hydroxyl groups excluding tert-OH is 1. The Balaban J connectivity index is 1.95. The van der Waals surface area contributed by atoms with E-state index in [2.05, 4.69) is 4.74 Å². The molecule has 0 spiro atoms.